The Morgan fingerprint density at radius 3 is 3.11 bits per heavy atom. The van der Waals surface area contributed by atoms with Crippen molar-refractivity contribution in [2.24, 2.45) is 7.05 Å². The van der Waals surface area contributed by atoms with E-state index in [1.165, 1.54) is 11.3 Å². The highest BCUT2D eigenvalue weighted by molar-refractivity contribution is 7.12. The Balaban J connectivity index is 1.85. The van der Waals surface area contributed by atoms with E-state index >= 15 is 0 Å². The Labute approximate surface area is 110 Å². The quantitative estimate of drug-likeness (QED) is 0.833. The molecule has 1 aliphatic heterocycles. The number of carbonyl (C=O) groups excluding carboxylic acids is 1. The zero-order valence-corrected chi connectivity index (χ0v) is 11.1. The Kier molecular flexibility index (Phi) is 2.91. The summed E-state index contributed by atoms with van der Waals surface area (Å²) in [7, 11) is 1.91. The molecule has 2 aromatic heterocycles. The third kappa shape index (κ3) is 1.95. The number of aryl methyl sites for hydroxylation is 1. The molecule has 0 aliphatic carbocycles. The lowest BCUT2D eigenvalue weighted by molar-refractivity contribution is 0.0740. The summed E-state index contributed by atoms with van der Waals surface area (Å²) in [5, 5.41) is 6.15. The van der Waals surface area contributed by atoms with Gasteiger partial charge in [-0.05, 0) is 24.3 Å². The van der Waals surface area contributed by atoms with Gasteiger partial charge in [-0.3, -0.25) is 9.48 Å². The molecule has 0 bridgehead atoms. The molecule has 5 heteroatoms. The van der Waals surface area contributed by atoms with Gasteiger partial charge in [-0.1, -0.05) is 6.07 Å². The minimum Gasteiger partial charge on any atom is -0.331 e. The number of carbonyl (C=O) groups is 1. The van der Waals surface area contributed by atoms with Crippen molar-refractivity contribution in [3.63, 3.8) is 0 Å². The fourth-order valence-electron chi connectivity index (χ4n) is 2.51. The maximum absolute atomic E-state index is 12.4. The third-order valence-electron chi connectivity index (χ3n) is 3.36. The average Bonchev–Trinajstić information content (AvgIpc) is 3.09. The molecule has 18 heavy (non-hydrogen) atoms. The van der Waals surface area contributed by atoms with Crippen molar-refractivity contribution in [3.05, 3.63) is 40.3 Å². The Bertz CT molecular complexity index is 546. The van der Waals surface area contributed by atoms with Crippen LogP contribution in [0.1, 0.15) is 34.1 Å². The first-order valence-corrected chi connectivity index (χ1v) is 6.96. The lowest BCUT2D eigenvalue weighted by Crippen LogP contribution is -2.29. The van der Waals surface area contributed by atoms with Crippen LogP contribution in [-0.2, 0) is 7.05 Å². The van der Waals surface area contributed by atoms with Gasteiger partial charge in [-0.15, -0.1) is 11.3 Å². The molecule has 0 N–H and O–H groups in total. The van der Waals surface area contributed by atoms with Crippen LogP contribution >= 0.6 is 11.3 Å². The summed E-state index contributed by atoms with van der Waals surface area (Å²) in [5.41, 5.74) is 1.14. The molecule has 3 heterocycles. The van der Waals surface area contributed by atoms with Crippen molar-refractivity contribution in [3.8, 4) is 0 Å². The highest BCUT2D eigenvalue weighted by atomic mass is 32.1. The molecule has 1 saturated heterocycles. The molecule has 0 unspecified atom stereocenters. The highest BCUT2D eigenvalue weighted by Crippen LogP contribution is 2.33. The average molecular weight is 261 g/mol. The first-order valence-electron chi connectivity index (χ1n) is 6.09. The first-order chi connectivity index (χ1) is 8.75. The number of hydrogen-bond acceptors (Lipinski definition) is 3. The van der Waals surface area contributed by atoms with Crippen LogP contribution in [0.3, 0.4) is 0 Å². The van der Waals surface area contributed by atoms with Crippen molar-refractivity contribution in [1.82, 2.24) is 14.7 Å². The second kappa shape index (κ2) is 4.57. The van der Waals surface area contributed by atoms with E-state index in [1.807, 2.05) is 41.9 Å². The smallest absolute Gasteiger partial charge is 0.264 e. The van der Waals surface area contributed by atoms with Gasteiger partial charge in [0, 0.05) is 25.4 Å². The van der Waals surface area contributed by atoms with Gasteiger partial charge in [-0.2, -0.15) is 5.10 Å². The summed E-state index contributed by atoms with van der Waals surface area (Å²) in [6.07, 6.45) is 5.97. The van der Waals surface area contributed by atoms with Crippen molar-refractivity contribution in [2.75, 3.05) is 6.54 Å². The zero-order valence-electron chi connectivity index (χ0n) is 10.2. The fourth-order valence-corrected chi connectivity index (χ4v) is 3.19. The molecule has 1 amide bonds. The highest BCUT2D eigenvalue weighted by Gasteiger charge is 2.31. The number of thiophene rings is 1. The summed E-state index contributed by atoms with van der Waals surface area (Å²) in [6, 6.07) is 4.01. The van der Waals surface area contributed by atoms with Gasteiger partial charge in [0.1, 0.15) is 0 Å². The summed E-state index contributed by atoms with van der Waals surface area (Å²) >= 11 is 1.51. The molecule has 3 rings (SSSR count). The lowest BCUT2D eigenvalue weighted by Gasteiger charge is -2.23. The minimum absolute atomic E-state index is 0.149. The van der Waals surface area contributed by atoms with Crippen LogP contribution in [0.15, 0.2) is 29.9 Å². The lowest BCUT2D eigenvalue weighted by atomic mass is 10.1. The van der Waals surface area contributed by atoms with E-state index in [4.69, 9.17) is 0 Å². The van der Waals surface area contributed by atoms with Crippen molar-refractivity contribution in [1.29, 1.82) is 0 Å². The topological polar surface area (TPSA) is 38.1 Å². The van der Waals surface area contributed by atoms with Crippen LogP contribution in [0.25, 0.3) is 0 Å². The van der Waals surface area contributed by atoms with Gasteiger partial charge in [-0.25, -0.2) is 0 Å². The van der Waals surface area contributed by atoms with E-state index in [2.05, 4.69) is 5.10 Å². The number of amides is 1. The van der Waals surface area contributed by atoms with Gasteiger partial charge < -0.3 is 4.90 Å². The standard InChI is InChI=1S/C13H15N3OS/c1-15-9-10(8-14-15)11-4-2-6-16(11)13(17)12-5-3-7-18-12/h3,5,7-9,11H,2,4,6H2,1H3/t11-/m0/s1. The Morgan fingerprint density at radius 2 is 2.44 bits per heavy atom. The van der Waals surface area contributed by atoms with Crippen LogP contribution in [0, 0.1) is 0 Å². The van der Waals surface area contributed by atoms with Crippen molar-refractivity contribution >= 4 is 17.2 Å². The molecule has 0 radical (unpaired) electrons. The van der Waals surface area contributed by atoms with E-state index in [-0.39, 0.29) is 11.9 Å². The minimum atomic E-state index is 0.149. The number of rotatable bonds is 2. The van der Waals surface area contributed by atoms with E-state index in [0.29, 0.717) is 0 Å². The van der Waals surface area contributed by atoms with E-state index in [1.54, 1.807) is 4.68 Å². The SMILES string of the molecule is Cn1cc([C@@H]2CCCN2C(=O)c2cccs2)cn1. The molecule has 0 aromatic carbocycles. The van der Waals surface area contributed by atoms with Gasteiger partial charge in [0.15, 0.2) is 0 Å². The van der Waals surface area contributed by atoms with Crippen LogP contribution in [0.5, 0.6) is 0 Å². The maximum Gasteiger partial charge on any atom is 0.264 e. The summed E-state index contributed by atoms with van der Waals surface area (Å²) in [6.45, 7) is 0.844. The number of nitrogens with zero attached hydrogens (tertiary/aromatic N) is 3. The predicted octanol–water partition coefficient (Wildman–Crippen LogP) is 2.46. The van der Waals surface area contributed by atoms with E-state index in [9.17, 15) is 4.79 Å². The van der Waals surface area contributed by atoms with Crippen LogP contribution in [0.2, 0.25) is 0 Å². The molecule has 1 atom stereocenters. The molecular weight excluding hydrogens is 246 g/mol. The second-order valence-corrected chi connectivity index (χ2v) is 5.53. The van der Waals surface area contributed by atoms with E-state index in [0.717, 1.165) is 29.8 Å². The molecule has 2 aromatic rings. The maximum atomic E-state index is 12.4. The van der Waals surface area contributed by atoms with E-state index < -0.39 is 0 Å². The fraction of sp³-hybridized carbons (Fsp3) is 0.385. The molecule has 4 nitrogen and oxygen atoms in total. The predicted molar refractivity (Wildman–Crippen MR) is 70.5 cm³/mol. The third-order valence-corrected chi connectivity index (χ3v) is 4.21. The molecule has 1 aliphatic rings. The second-order valence-electron chi connectivity index (χ2n) is 4.58. The monoisotopic (exact) mass is 261 g/mol. The zero-order chi connectivity index (χ0) is 12.5. The van der Waals surface area contributed by atoms with Crippen molar-refractivity contribution in [2.45, 2.75) is 18.9 Å². The van der Waals surface area contributed by atoms with Crippen LogP contribution in [0.4, 0.5) is 0 Å². The Morgan fingerprint density at radius 1 is 1.56 bits per heavy atom. The summed E-state index contributed by atoms with van der Waals surface area (Å²) in [4.78, 5) is 15.2. The first kappa shape index (κ1) is 11.5. The largest absolute Gasteiger partial charge is 0.331 e. The molecular formula is C13H15N3OS. The summed E-state index contributed by atoms with van der Waals surface area (Å²) in [5.74, 6) is 0.149. The molecule has 94 valence electrons. The summed E-state index contributed by atoms with van der Waals surface area (Å²) < 4.78 is 1.79. The molecule has 1 fully saturated rings. The van der Waals surface area contributed by atoms with Crippen LogP contribution < -0.4 is 0 Å². The Hall–Kier alpha value is -1.62. The normalized spacial score (nSPS) is 19.4. The molecule has 0 spiro atoms. The van der Waals surface area contributed by atoms with Crippen LogP contribution in [-0.4, -0.2) is 27.1 Å². The van der Waals surface area contributed by atoms with Crippen molar-refractivity contribution < 1.29 is 4.79 Å². The van der Waals surface area contributed by atoms with Gasteiger partial charge in [0.25, 0.3) is 5.91 Å². The molecule has 0 saturated carbocycles. The number of hydrogen-bond donors (Lipinski definition) is 0. The number of aromatic nitrogens is 2. The van der Waals surface area contributed by atoms with Gasteiger partial charge in [0.05, 0.1) is 17.1 Å². The van der Waals surface area contributed by atoms with Gasteiger partial charge >= 0.3 is 0 Å². The number of likely N-dealkylation sites (tertiary alicyclic amines) is 1. The van der Waals surface area contributed by atoms with Gasteiger partial charge in [0.2, 0.25) is 0 Å².